The van der Waals surface area contributed by atoms with E-state index < -0.39 is 23.3 Å². The Morgan fingerprint density at radius 3 is 2.60 bits per heavy atom. The number of halogens is 3. The van der Waals surface area contributed by atoms with Crippen molar-refractivity contribution in [3.63, 3.8) is 0 Å². The van der Waals surface area contributed by atoms with E-state index in [1.54, 1.807) is 24.3 Å². The Kier molecular flexibility index (Phi) is 4.08. The van der Waals surface area contributed by atoms with E-state index in [0.717, 1.165) is 17.1 Å². The minimum absolute atomic E-state index is 0.230. The van der Waals surface area contributed by atoms with E-state index in [9.17, 15) is 18.0 Å². The van der Waals surface area contributed by atoms with E-state index in [4.69, 9.17) is 5.73 Å². The van der Waals surface area contributed by atoms with Crippen molar-refractivity contribution in [2.45, 2.75) is 13.1 Å². The van der Waals surface area contributed by atoms with Gasteiger partial charge in [0, 0.05) is 22.3 Å². The average Bonchev–Trinajstić information content (AvgIpc) is 2.53. The van der Waals surface area contributed by atoms with Gasteiger partial charge in [0.1, 0.15) is 5.56 Å². The van der Waals surface area contributed by atoms with E-state index in [2.05, 4.69) is 10.3 Å². The maximum atomic E-state index is 13.2. The zero-order valence-corrected chi connectivity index (χ0v) is 13.2. The second-order valence-corrected chi connectivity index (χ2v) is 5.58. The number of nitrogens with one attached hydrogen (secondary N) is 1. The number of carbonyl (C=O) groups excluding carboxylic acids is 1. The molecule has 3 aromatic rings. The largest absolute Gasteiger partial charge is 0.420 e. The molecule has 0 radical (unpaired) electrons. The summed E-state index contributed by atoms with van der Waals surface area (Å²) < 4.78 is 39.5. The SMILES string of the molecule is Cc1ccc2cc(C(=O)Nc3cccc(N)c3C(F)(F)F)ccc2n1. The van der Waals surface area contributed by atoms with Gasteiger partial charge in [-0.3, -0.25) is 9.78 Å². The molecule has 0 aliphatic heterocycles. The number of aryl methyl sites for hydroxylation is 1. The van der Waals surface area contributed by atoms with Crippen LogP contribution in [0.3, 0.4) is 0 Å². The highest BCUT2D eigenvalue weighted by atomic mass is 19.4. The second kappa shape index (κ2) is 6.08. The first kappa shape index (κ1) is 16.8. The number of rotatable bonds is 2. The summed E-state index contributed by atoms with van der Waals surface area (Å²) in [5.41, 5.74) is 5.33. The summed E-state index contributed by atoms with van der Waals surface area (Å²) in [7, 11) is 0. The van der Waals surface area contributed by atoms with E-state index in [0.29, 0.717) is 5.52 Å². The summed E-state index contributed by atoms with van der Waals surface area (Å²) in [4.78, 5) is 16.7. The molecule has 0 saturated heterocycles. The molecule has 128 valence electrons. The van der Waals surface area contributed by atoms with Gasteiger partial charge in [0.05, 0.1) is 11.2 Å². The highest BCUT2D eigenvalue weighted by Crippen LogP contribution is 2.38. The fourth-order valence-corrected chi connectivity index (χ4v) is 2.55. The van der Waals surface area contributed by atoms with Gasteiger partial charge < -0.3 is 11.1 Å². The summed E-state index contributed by atoms with van der Waals surface area (Å²) >= 11 is 0. The van der Waals surface area contributed by atoms with Crippen molar-refractivity contribution in [1.82, 2.24) is 4.98 Å². The van der Waals surface area contributed by atoms with Crippen LogP contribution in [0.5, 0.6) is 0 Å². The maximum absolute atomic E-state index is 13.2. The second-order valence-electron chi connectivity index (χ2n) is 5.58. The Labute approximate surface area is 141 Å². The number of fused-ring (bicyclic) bond motifs is 1. The fraction of sp³-hybridized carbons (Fsp3) is 0.111. The molecular weight excluding hydrogens is 331 g/mol. The van der Waals surface area contributed by atoms with E-state index in [1.807, 2.05) is 6.92 Å². The Morgan fingerprint density at radius 1 is 1.12 bits per heavy atom. The molecular formula is C18H14F3N3O. The van der Waals surface area contributed by atoms with Crippen molar-refractivity contribution < 1.29 is 18.0 Å². The minimum atomic E-state index is -4.67. The van der Waals surface area contributed by atoms with Crippen molar-refractivity contribution in [1.29, 1.82) is 0 Å². The molecule has 1 heterocycles. The number of hydrogen-bond donors (Lipinski definition) is 2. The van der Waals surface area contributed by atoms with Gasteiger partial charge in [0.2, 0.25) is 0 Å². The topological polar surface area (TPSA) is 68.0 Å². The van der Waals surface area contributed by atoms with Crippen molar-refractivity contribution in [2.24, 2.45) is 0 Å². The standard InChI is InChI=1S/C18H14F3N3O/c1-10-5-6-11-9-12(7-8-14(11)23-10)17(25)24-15-4-2-3-13(22)16(15)18(19,20)21/h2-9H,22H2,1H3,(H,24,25). The highest BCUT2D eigenvalue weighted by Gasteiger charge is 2.36. The van der Waals surface area contributed by atoms with Crippen LogP contribution in [0.4, 0.5) is 24.5 Å². The number of benzene rings is 2. The lowest BCUT2D eigenvalue weighted by molar-refractivity contribution is -0.136. The molecule has 7 heteroatoms. The number of nitrogens with zero attached hydrogens (tertiary/aromatic N) is 1. The molecule has 0 aliphatic carbocycles. The Bertz CT molecular complexity index is 967. The van der Waals surface area contributed by atoms with Crippen LogP contribution in [0.15, 0.2) is 48.5 Å². The Hall–Kier alpha value is -3.09. The molecule has 0 saturated carbocycles. The smallest absolute Gasteiger partial charge is 0.398 e. The number of anilines is 2. The Morgan fingerprint density at radius 2 is 1.88 bits per heavy atom. The first-order chi connectivity index (χ1) is 11.8. The first-order valence-electron chi connectivity index (χ1n) is 7.40. The van der Waals surface area contributed by atoms with Gasteiger partial charge in [0.15, 0.2) is 0 Å². The molecule has 4 nitrogen and oxygen atoms in total. The third-order valence-electron chi connectivity index (χ3n) is 3.72. The Balaban J connectivity index is 1.96. The van der Waals surface area contributed by atoms with Crippen molar-refractivity contribution in [3.05, 3.63) is 65.4 Å². The number of carbonyl (C=O) groups is 1. The summed E-state index contributed by atoms with van der Waals surface area (Å²) in [5.74, 6) is -0.654. The van der Waals surface area contributed by atoms with E-state index in [-0.39, 0.29) is 11.3 Å². The number of nitrogens with two attached hydrogens (primary N) is 1. The third-order valence-corrected chi connectivity index (χ3v) is 3.72. The first-order valence-corrected chi connectivity index (χ1v) is 7.40. The molecule has 1 amide bonds. The van der Waals surface area contributed by atoms with Gasteiger partial charge in [-0.25, -0.2) is 0 Å². The lowest BCUT2D eigenvalue weighted by Crippen LogP contribution is -2.18. The minimum Gasteiger partial charge on any atom is -0.398 e. The molecule has 3 N–H and O–H groups in total. The van der Waals surface area contributed by atoms with Crippen LogP contribution in [0.25, 0.3) is 10.9 Å². The lowest BCUT2D eigenvalue weighted by Gasteiger charge is -2.16. The van der Waals surface area contributed by atoms with Crippen molar-refractivity contribution in [2.75, 3.05) is 11.1 Å². The molecule has 0 spiro atoms. The van der Waals surface area contributed by atoms with Crippen LogP contribution in [0.1, 0.15) is 21.6 Å². The monoisotopic (exact) mass is 345 g/mol. The van der Waals surface area contributed by atoms with Crippen LogP contribution < -0.4 is 11.1 Å². The van der Waals surface area contributed by atoms with Gasteiger partial charge in [-0.05, 0) is 43.3 Å². The van der Waals surface area contributed by atoms with Crippen LogP contribution in [0.2, 0.25) is 0 Å². The van der Waals surface area contributed by atoms with E-state index in [1.165, 1.54) is 18.2 Å². The van der Waals surface area contributed by atoms with E-state index >= 15 is 0 Å². The molecule has 3 rings (SSSR count). The van der Waals surface area contributed by atoms with Gasteiger partial charge in [0.25, 0.3) is 5.91 Å². The maximum Gasteiger partial charge on any atom is 0.420 e. The third kappa shape index (κ3) is 3.40. The van der Waals surface area contributed by atoms with Gasteiger partial charge in [-0.1, -0.05) is 12.1 Å². The summed E-state index contributed by atoms with van der Waals surface area (Å²) in [5, 5.41) is 3.01. The molecule has 0 atom stereocenters. The number of pyridine rings is 1. The average molecular weight is 345 g/mol. The van der Waals surface area contributed by atoms with Crippen LogP contribution in [-0.4, -0.2) is 10.9 Å². The molecule has 0 bridgehead atoms. The zero-order valence-electron chi connectivity index (χ0n) is 13.2. The highest BCUT2D eigenvalue weighted by molar-refractivity contribution is 6.06. The van der Waals surface area contributed by atoms with Crippen LogP contribution in [-0.2, 0) is 6.18 Å². The van der Waals surface area contributed by atoms with Gasteiger partial charge in [-0.2, -0.15) is 13.2 Å². The normalized spacial score (nSPS) is 11.5. The van der Waals surface area contributed by atoms with Gasteiger partial charge >= 0.3 is 6.18 Å². The predicted octanol–water partition coefficient (Wildman–Crippen LogP) is 4.40. The summed E-state index contributed by atoms with van der Waals surface area (Å²) in [6.45, 7) is 1.85. The van der Waals surface area contributed by atoms with Gasteiger partial charge in [-0.15, -0.1) is 0 Å². The fourth-order valence-electron chi connectivity index (χ4n) is 2.55. The summed E-state index contributed by atoms with van der Waals surface area (Å²) in [6.07, 6.45) is -4.67. The molecule has 1 aromatic heterocycles. The molecule has 0 fully saturated rings. The molecule has 0 unspecified atom stereocenters. The lowest BCUT2D eigenvalue weighted by atomic mass is 10.1. The number of amides is 1. The van der Waals surface area contributed by atoms with Crippen molar-refractivity contribution in [3.8, 4) is 0 Å². The number of hydrogen-bond acceptors (Lipinski definition) is 3. The zero-order chi connectivity index (χ0) is 18.2. The van der Waals surface area contributed by atoms with Crippen LogP contribution >= 0.6 is 0 Å². The van der Waals surface area contributed by atoms with Crippen molar-refractivity contribution >= 4 is 28.2 Å². The number of aromatic nitrogens is 1. The molecule has 25 heavy (non-hydrogen) atoms. The molecule has 0 aliphatic rings. The number of alkyl halides is 3. The number of nitrogen functional groups attached to an aromatic ring is 1. The van der Waals surface area contributed by atoms with Crippen LogP contribution in [0, 0.1) is 6.92 Å². The quantitative estimate of drug-likeness (QED) is 0.677. The predicted molar refractivity (Wildman–Crippen MR) is 90.3 cm³/mol. The molecule has 2 aromatic carbocycles. The summed E-state index contributed by atoms with van der Waals surface area (Å²) in [6, 6.07) is 12.0.